The van der Waals surface area contributed by atoms with E-state index >= 15 is 0 Å². The molecule has 1 heterocycles. The third kappa shape index (κ3) is 4.92. The summed E-state index contributed by atoms with van der Waals surface area (Å²) >= 11 is 6.19. The lowest BCUT2D eigenvalue weighted by Gasteiger charge is -2.13. The molecule has 1 aromatic heterocycles. The highest BCUT2D eigenvalue weighted by Gasteiger charge is 2.11. The molecule has 0 radical (unpaired) electrons. The Balaban J connectivity index is 1.63. The summed E-state index contributed by atoms with van der Waals surface area (Å²) in [7, 11) is 0. The molecule has 2 amide bonds. The molecule has 144 valence electrons. The largest absolute Gasteiger partial charge is 0.489 e. The van der Waals surface area contributed by atoms with Gasteiger partial charge in [-0.05, 0) is 68.4 Å². The number of amides is 2. The maximum atomic E-state index is 12.4. The van der Waals surface area contributed by atoms with Crippen molar-refractivity contribution in [3.05, 3.63) is 77.2 Å². The van der Waals surface area contributed by atoms with E-state index in [-0.39, 0.29) is 23.7 Å². The SMILES string of the molecule is CC(C)Oc1ccc(NC(=O)c2ccc(NC(=O)c3ccco3)cc2)cc1Cl. The number of carbonyl (C=O) groups excluding carboxylic acids is 2. The normalized spacial score (nSPS) is 10.6. The van der Waals surface area contributed by atoms with Gasteiger partial charge in [-0.3, -0.25) is 9.59 Å². The molecule has 0 bridgehead atoms. The third-order valence-electron chi connectivity index (χ3n) is 3.70. The van der Waals surface area contributed by atoms with Crippen molar-refractivity contribution >= 4 is 34.8 Å². The molecule has 0 atom stereocenters. The minimum atomic E-state index is -0.361. The van der Waals surface area contributed by atoms with Crippen LogP contribution in [0.4, 0.5) is 11.4 Å². The number of anilines is 2. The van der Waals surface area contributed by atoms with Gasteiger partial charge in [0.1, 0.15) is 5.75 Å². The van der Waals surface area contributed by atoms with Crippen molar-refractivity contribution in [2.45, 2.75) is 20.0 Å². The minimum Gasteiger partial charge on any atom is -0.489 e. The summed E-state index contributed by atoms with van der Waals surface area (Å²) in [5, 5.41) is 5.89. The van der Waals surface area contributed by atoms with Crippen LogP contribution in [0.25, 0.3) is 0 Å². The van der Waals surface area contributed by atoms with Gasteiger partial charge in [-0.2, -0.15) is 0 Å². The van der Waals surface area contributed by atoms with Crippen LogP contribution in [0.1, 0.15) is 34.8 Å². The van der Waals surface area contributed by atoms with E-state index in [2.05, 4.69) is 10.6 Å². The quantitative estimate of drug-likeness (QED) is 0.596. The first-order valence-corrected chi connectivity index (χ1v) is 9.02. The Morgan fingerprint density at radius 1 is 0.964 bits per heavy atom. The molecular formula is C21H19ClN2O4. The molecule has 0 saturated heterocycles. The first-order chi connectivity index (χ1) is 13.4. The van der Waals surface area contributed by atoms with Gasteiger partial charge in [0, 0.05) is 16.9 Å². The van der Waals surface area contributed by atoms with Crippen LogP contribution >= 0.6 is 11.6 Å². The van der Waals surface area contributed by atoms with E-state index in [0.717, 1.165) is 0 Å². The van der Waals surface area contributed by atoms with Crippen molar-refractivity contribution in [2.75, 3.05) is 10.6 Å². The van der Waals surface area contributed by atoms with Crippen molar-refractivity contribution in [1.82, 2.24) is 0 Å². The van der Waals surface area contributed by atoms with Crippen LogP contribution in [0.2, 0.25) is 5.02 Å². The fourth-order valence-corrected chi connectivity index (χ4v) is 2.66. The first kappa shape index (κ1) is 19.5. The smallest absolute Gasteiger partial charge is 0.291 e. The fraction of sp³-hybridized carbons (Fsp3) is 0.143. The number of hydrogen-bond donors (Lipinski definition) is 2. The van der Waals surface area contributed by atoms with Crippen molar-refractivity contribution in [2.24, 2.45) is 0 Å². The molecular weight excluding hydrogens is 380 g/mol. The Morgan fingerprint density at radius 2 is 1.64 bits per heavy atom. The van der Waals surface area contributed by atoms with E-state index in [9.17, 15) is 9.59 Å². The average Bonchev–Trinajstić information content (AvgIpc) is 3.19. The summed E-state index contributed by atoms with van der Waals surface area (Å²) in [5.74, 6) is 0.118. The Kier molecular flexibility index (Phi) is 6.01. The van der Waals surface area contributed by atoms with Crippen molar-refractivity contribution in [3.63, 3.8) is 0 Å². The fourth-order valence-electron chi connectivity index (χ4n) is 2.44. The van der Waals surface area contributed by atoms with Gasteiger partial charge in [-0.1, -0.05) is 11.6 Å². The summed E-state index contributed by atoms with van der Waals surface area (Å²) in [5.41, 5.74) is 1.55. The number of rotatable bonds is 6. The predicted octanol–water partition coefficient (Wildman–Crippen LogP) is 5.22. The van der Waals surface area contributed by atoms with E-state index in [1.807, 2.05) is 13.8 Å². The molecule has 2 N–H and O–H groups in total. The molecule has 0 aliphatic heterocycles. The molecule has 0 aliphatic carbocycles. The lowest BCUT2D eigenvalue weighted by Crippen LogP contribution is -2.13. The molecule has 0 aliphatic rings. The van der Waals surface area contributed by atoms with E-state index in [0.29, 0.717) is 27.7 Å². The van der Waals surface area contributed by atoms with Gasteiger partial charge in [0.05, 0.1) is 17.4 Å². The second kappa shape index (κ2) is 8.63. The monoisotopic (exact) mass is 398 g/mol. The number of furan rings is 1. The maximum Gasteiger partial charge on any atom is 0.291 e. The highest BCUT2D eigenvalue weighted by atomic mass is 35.5. The molecule has 28 heavy (non-hydrogen) atoms. The molecule has 3 rings (SSSR count). The second-order valence-electron chi connectivity index (χ2n) is 6.27. The van der Waals surface area contributed by atoms with Crippen molar-refractivity contribution < 1.29 is 18.7 Å². The van der Waals surface area contributed by atoms with E-state index in [1.54, 1.807) is 54.6 Å². The minimum absolute atomic E-state index is 0.00438. The summed E-state index contributed by atoms with van der Waals surface area (Å²) in [6.45, 7) is 3.82. The predicted molar refractivity (Wildman–Crippen MR) is 108 cm³/mol. The van der Waals surface area contributed by atoms with Gasteiger partial charge in [0.2, 0.25) is 0 Å². The number of carbonyl (C=O) groups is 2. The van der Waals surface area contributed by atoms with Crippen LogP contribution in [0.5, 0.6) is 5.75 Å². The van der Waals surface area contributed by atoms with Crippen LogP contribution in [0.15, 0.2) is 65.3 Å². The van der Waals surface area contributed by atoms with Crippen LogP contribution < -0.4 is 15.4 Å². The molecule has 2 aromatic carbocycles. The summed E-state index contributed by atoms with van der Waals surface area (Å²) < 4.78 is 10.6. The highest BCUT2D eigenvalue weighted by Crippen LogP contribution is 2.28. The zero-order valence-electron chi connectivity index (χ0n) is 15.4. The van der Waals surface area contributed by atoms with E-state index < -0.39 is 0 Å². The lowest BCUT2D eigenvalue weighted by atomic mass is 10.2. The molecule has 0 saturated carbocycles. The molecule has 6 nitrogen and oxygen atoms in total. The number of ether oxygens (including phenoxy) is 1. The van der Waals surface area contributed by atoms with Gasteiger partial charge < -0.3 is 19.8 Å². The van der Waals surface area contributed by atoms with Gasteiger partial charge in [0.15, 0.2) is 5.76 Å². The molecule has 7 heteroatoms. The summed E-state index contributed by atoms with van der Waals surface area (Å²) in [6.07, 6.45) is 1.43. The van der Waals surface area contributed by atoms with Crippen LogP contribution in [-0.4, -0.2) is 17.9 Å². The topological polar surface area (TPSA) is 80.6 Å². The van der Waals surface area contributed by atoms with Crippen molar-refractivity contribution in [3.8, 4) is 5.75 Å². The first-order valence-electron chi connectivity index (χ1n) is 8.65. The molecule has 0 unspecified atom stereocenters. The Bertz CT molecular complexity index is 967. The summed E-state index contributed by atoms with van der Waals surface area (Å²) in [6, 6.07) is 14.8. The average molecular weight is 399 g/mol. The standard InChI is InChI=1S/C21H19ClN2O4/c1-13(2)28-18-10-9-16(12-17(18)22)24-20(25)14-5-7-15(8-6-14)23-21(26)19-4-3-11-27-19/h3-13H,1-2H3,(H,23,26)(H,24,25). The number of nitrogens with one attached hydrogen (secondary N) is 2. The van der Waals surface area contributed by atoms with Crippen LogP contribution in [0, 0.1) is 0 Å². The van der Waals surface area contributed by atoms with Gasteiger partial charge in [-0.25, -0.2) is 0 Å². The Hall–Kier alpha value is -3.25. The number of benzene rings is 2. The van der Waals surface area contributed by atoms with Crippen LogP contribution in [0.3, 0.4) is 0 Å². The zero-order chi connectivity index (χ0) is 20.1. The van der Waals surface area contributed by atoms with Crippen LogP contribution in [-0.2, 0) is 0 Å². The molecule has 0 fully saturated rings. The Morgan fingerprint density at radius 3 is 2.25 bits per heavy atom. The number of halogens is 1. The molecule has 0 spiro atoms. The highest BCUT2D eigenvalue weighted by molar-refractivity contribution is 6.32. The van der Waals surface area contributed by atoms with Crippen molar-refractivity contribution in [1.29, 1.82) is 0 Å². The maximum absolute atomic E-state index is 12.4. The van der Waals surface area contributed by atoms with Gasteiger partial charge >= 0.3 is 0 Å². The third-order valence-corrected chi connectivity index (χ3v) is 4.00. The van der Waals surface area contributed by atoms with E-state index in [4.69, 9.17) is 20.8 Å². The van der Waals surface area contributed by atoms with Gasteiger partial charge in [0.25, 0.3) is 11.8 Å². The van der Waals surface area contributed by atoms with E-state index in [1.165, 1.54) is 6.26 Å². The zero-order valence-corrected chi connectivity index (χ0v) is 16.1. The second-order valence-corrected chi connectivity index (χ2v) is 6.68. The van der Waals surface area contributed by atoms with Gasteiger partial charge in [-0.15, -0.1) is 0 Å². The Labute approximate surface area is 167 Å². The lowest BCUT2D eigenvalue weighted by molar-refractivity contribution is 0.0995. The summed E-state index contributed by atoms with van der Waals surface area (Å²) in [4.78, 5) is 24.4. The molecule has 3 aromatic rings. The number of hydrogen-bond acceptors (Lipinski definition) is 4.